The van der Waals surface area contributed by atoms with Crippen molar-refractivity contribution >= 4 is 11.9 Å². The first kappa shape index (κ1) is 13.7. The molecule has 0 aromatic rings. The zero-order chi connectivity index (χ0) is 13.4. The van der Waals surface area contributed by atoms with Crippen LogP contribution in [0.2, 0.25) is 0 Å². The van der Waals surface area contributed by atoms with E-state index in [1.807, 2.05) is 0 Å². The number of carboxylic acids is 1. The van der Waals surface area contributed by atoms with Gasteiger partial charge in [-0.15, -0.1) is 0 Å². The van der Waals surface area contributed by atoms with Gasteiger partial charge in [0.2, 0.25) is 0 Å². The van der Waals surface area contributed by atoms with Gasteiger partial charge in [0.25, 0.3) is 0 Å². The van der Waals surface area contributed by atoms with Crippen molar-refractivity contribution in [1.82, 2.24) is 4.90 Å². The molecule has 1 aliphatic heterocycles. The predicted molar refractivity (Wildman–Crippen MR) is 45.8 cm³/mol. The first-order chi connectivity index (χ1) is 7.64. The van der Waals surface area contributed by atoms with Gasteiger partial charge in [-0.1, -0.05) is 0 Å². The molecule has 1 heterocycles. The smallest absolute Gasteiger partial charge is 0.471 e. The molecule has 1 saturated heterocycles. The summed E-state index contributed by atoms with van der Waals surface area (Å²) in [6.07, 6.45) is -8.54. The number of aliphatic hydroxyl groups is 2. The second-order valence-electron chi connectivity index (χ2n) is 3.71. The van der Waals surface area contributed by atoms with E-state index in [-0.39, 0.29) is 4.90 Å². The van der Waals surface area contributed by atoms with Crippen LogP contribution in [0.1, 0.15) is 0 Å². The highest BCUT2D eigenvalue weighted by Gasteiger charge is 2.48. The lowest BCUT2D eigenvalue weighted by Gasteiger charge is -2.37. The number of hydrogen-bond donors (Lipinski definition) is 3. The number of likely N-dealkylation sites (tertiary alicyclic amines) is 1. The fourth-order valence-electron chi connectivity index (χ4n) is 1.59. The summed E-state index contributed by atoms with van der Waals surface area (Å²) in [5, 5.41) is 27.1. The lowest BCUT2D eigenvalue weighted by molar-refractivity contribution is -0.194. The molecule has 3 N–H and O–H groups in total. The Labute approximate surface area is 93.3 Å². The van der Waals surface area contributed by atoms with E-state index in [0.29, 0.717) is 0 Å². The quantitative estimate of drug-likeness (QED) is 0.549. The van der Waals surface area contributed by atoms with E-state index in [2.05, 4.69) is 0 Å². The van der Waals surface area contributed by atoms with Crippen molar-refractivity contribution in [3.05, 3.63) is 0 Å². The van der Waals surface area contributed by atoms with Crippen molar-refractivity contribution in [3.8, 4) is 0 Å². The Morgan fingerprint density at radius 3 is 2.12 bits per heavy atom. The summed E-state index contributed by atoms with van der Waals surface area (Å²) in [6, 6.07) is 0. The van der Waals surface area contributed by atoms with Crippen LogP contribution < -0.4 is 0 Å². The summed E-state index contributed by atoms with van der Waals surface area (Å²) in [5.41, 5.74) is 0. The highest BCUT2D eigenvalue weighted by Crippen LogP contribution is 2.24. The maximum atomic E-state index is 12.1. The van der Waals surface area contributed by atoms with E-state index in [4.69, 9.17) is 5.11 Å². The molecule has 0 radical (unpaired) electrons. The first-order valence-corrected chi connectivity index (χ1v) is 4.59. The molecule has 6 nitrogen and oxygen atoms in total. The normalized spacial score (nSPS) is 30.2. The number of β-amino-alcohol motifs (C(OH)–C–C–N with tert-alkyl or cyclic N) is 1. The van der Waals surface area contributed by atoms with Crippen molar-refractivity contribution in [2.45, 2.75) is 18.4 Å². The number of carbonyl (C=O) groups is 2. The lowest BCUT2D eigenvalue weighted by Crippen LogP contribution is -2.58. The van der Waals surface area contributed by atoms with Gasteiger partial charge in [-0.05, 0) is 0 Å². The van der Waals surface area contributed by atoms with E-state index >= 15 is 0 Å². The molecule has 0 spiro atoms. The summed E-state index contributed by atoms with van der Waals surface area (Å²) in [6.45, 7) is -1.53. The maximum Gasteiger partial charge on any atom is 0.471 e. The molecule has 98 valence electrons. The van der Waals surface area contributed by atoms with Crippen molar-refractivity contribution in [3.63, 3.8) is 0 Å². The van der Waals surface area contributed by atoms with Gasteiger partial charge < -0.3 is 20.2 Å². The summed E-state index contributed by atoms with van der Waals surface area (Å²) in [4.78, 5) is 21.7. The molecule has 9 heteroatoms. The molecule has 0 saturated carbocycles. The van der Waals surface area contributed by atoms with Crippen LogP contribution in [0.25, 0.3) is 0 Å². The van der Waals surface area contributed by atoms with Gasteiger partial charge in [0, 0.05) is 13.1 Å². The minimum atomic E-state index is -5.13. The zero-order valence-electron chi connectivity index (χ0n) is 8.39. The second kappa shape index (κ2) is 4.49. The van der Waals surface area contributed by atoms with E-state index in [1.165, 1.54) is 0 Å². The minimum Gasteiger partial charge on any atom is -0.481 e. The van der Waals surface area contributed by atoms with Crippen molar-refractivity contribution in [2.24, 2.45) is 5.92 Å². The van der Waals surface area contributed by atoms with Gasteiger partial charge in [-0.25, -0.2) is 0 Å². The molecule has 3 unspecified atom stereocenters. The molecule has 1 aliphatic rings. The zero-order valence-corrected chi connectivity index (χ0v) is 8.39. The van der Waals surface area contributed by atoms with Crippen LogP contribution in [0.15, 0.2) is 0 Å². The number of piperidine rings is 1. The Balaban J connectivity index is 2.85. The van der Waals surface area contributed by atoms with Crippen molar-refractivity contribution in [1.29, 1.82) is 0 Å². The van der Waals surface area contributed by atoms with Crippen LogP contribution in [0.4, 0.5) is 13.2 Å². The number of nitrogens with zero attached hydrogens (tertiary/aromatic N) is 1. The van der Waals surface area contributed by atoms with Gasteiger partial charge in [-0.2, -0.15) is 13.2 Å². The lowest BCUT2D eigenvalue weighted by atomic mass is 9.92. The summed E-state index contributed by atoms with van der Waals surface area (Å²) < 4.78 is 36.3. The van der Waals surface area contributed by atoms with Crippen molar-refractivity contribution in [2.75, 3.05) is 13.1 Å². The average Bonchev–Trinajstić information content (AvgIpc) is 2.19. The number of halogens is 3. The van der Waals surface area contributed by atoms with Gasteiger partial charge in [-0.3, -0.25) is 9.59 Å². The summed E-state index contributed by atoms with van der Waals surface area (Å²) >= 11 is 0. The third-order valence-electron chi connectivity index (χ3n) is 2.48. The van der Waals surface area contributed by atoms with Gasteiger partial charge >= 0.3 is 18.1 Å². The monoisotopic (exact) mass is 257 g/mol. The summed E-state index contributed by atoms with van der Waals surface area (Å²) in [7, 11) is 0. The molecule has 0 bridgehead atoms. The van der Waals surface area contributed by atoms with Gasteiger partial charge in [0.15, 0.2) is 0 Å². The number of amides is 1. The van der Waals surface area contributed by atoms with Crippen molar-refractivity contribution < 1.29 is 38.1 Å². The number of aliphatic carboxylic acids is 1. The molecule has 3 atom stereocenters. The number of alkyl halides is 3. The Hall–Kier alpha value is -1.35. The summed E-state index contributed by atoms with van der Waals surface area (Å²) in [5.74, 6) is -5.43. The van der Waals surface area contributed by atoms with Crippen LogP contribution in [0, 0.1) is 5.92 Å². The molecular formula is C8H10F3NO5. The van der Waals surface area contributed by atoms with E-state index < -0.39 is 49.3 Å². The molecule has 1 amide bonds. The molecule has 1 rings (SSSR count). The topological polar surface area (TPSA) is 98.1 Å². The number of carboxylic acid groups (broad SMARTS) is 1. The highest BCUT2D eigenvalue weighted by molar-refractivity contribution is 5.83. The molecule has 0 aliphatic carbocycles. The fraction of sp³-hybridized carbons (Fsp3) is 0.750. The second-order valence-corrected chi connectivity index (χ2v) is 3.71. The first-order valence-electron chi connectivity index (χ1n) is 4.59. The molecular weight excluding hydrogens is 247 g/mol. The average molecular weight is 257 g/mol. The van der Waals surface area contributed by atoms with E-state index in [9.17, 15) is 33.0 Å². The number of aliphatic hydroxyl groups excluding tert-OH is 2. The number of carbonyl (C=O) groups excluding carboxylic acids is 1. The van der Waals surface area contributed by atoms with E-state index in [1.54, 1.807) is 0 Å². The molecule has 0 aromatic heterocycles. The van der Waals surface area contributed by atoms with Gasteiger partial charge in [0.1, 0.15) is 5.92 Å². The molecule has 17 heavy (non-hydrogen) atoms. The third kappa shape index (κ3) is 2.86. The SMILES string of the molecule is O=C(O)C1CN(C(=O)C(F)(F)F)CC(O)C1O. The van der Waals surface area contributed by atoms with Crippen LogP contribution in [0.5, 0.6) is 0 Å². The van der Waals surface area contributed by atoms with Crippen LogP contribution in [-0.4, -0.2) is 63.6 Å². The largest absolute Gasteiger partial charge is 0.481 e. The van der Waals surface area contributed by atoms with Crippen LogP contribution in [-0.2, 0) is 9.59 Å². The van der Waals surface area contributed by atoms with Gasteiger partial charge in [0.05, 0.1) is 12.2 Å². The number of hydrogen-bond acceptors (Lipinski definition) is 4. The molecule has 1 fully saturated rings. The Morgan fingerprint density at radius 1 is 1.18 bits per heavy atom. The van der Waals surface area contributed by atoms with E-state index in [0.717, 1.165) is 0 Å². The minimum absolute atomic E-state index is 0.177. The Morgan fingerprint density at radius 2 is 1.71 bits per heavy atom. The Bertz CT molecular complexity index is 332. The van der Waals surface area contributed by atoms with Crippen LogP contribution >= 0.6 is 0 Å². The number of rotatable bonds is 1. The Kier molecular flexibility index (Phi) is 3.62. The maximum absolute atomic E-state index is 12.1. The van der Waals surface area contributed by atoms with Crippen LogP contribution in [0.3, 0.4) is 0 Å². The predicted octanol–water partition coefficient (Wildman–Crippen LogP) is -1.19. The highest BCUT2D eigenvalue weighted by atomic mass is 19.4. The fourth-order valence-corrected chi connectivity index (χ4v) is 1.59. The standard InChI is InChI=1S/C8H10F3NO5/c9-8(10,11)7(17)12-1-3(6(15)16)5(14)4(13)2-12/h3-5,13-14H,1-2H2,(H,15,16). The third-order valence-corrected chi connectivity index (χ3v) is 2.48. The molecule has 0 aromatic carbocycles.